The third-order valence-corrected chi connectivity index (χ3v) is 3.89. The molecular weight excluding hydrogens is 264 g/mol. The zero-order valence-electron chi connectivity index (χ0n) is 13.2. The third-order valence-electron chi connectivity index (χ3n) is 3.89. The molecule has 1 saturated carbocycles. The normalized spacial score (nSPS) is 16.2. The Labute approximate surface area is 128 Å². The SMILES string of the molecule is CCN(CCNCC(O)COc1ccc(C)cc1)C1CC1. The molecule has 1 aromatic rings. The molecule has 21 heavy (non-hydrogen) atoms. The van der Waals surface area contributed by atoms with Gasteiger partial charge in [-0.15, -0.1) is 0 Å². The molecule has 1 aliphatic rings. The molecule has 2 rings (SSSR count). The molecule has 0 saturated heterocycles. The lowest BCUT2D eigenvalue weighted by molar-refractivity contribution is 0.105. The number of aliphatic hydroxyl groups excluding tert-OH is 1. The highest BCUT2D eigenvalue weighted by Gasteiger charge is 2.26. The van der Waals surface area contributed by atoms with Crippen LogP contribution < -0.4 is 10.1 Å². The fourth-order valence-electron chi connectivity index (χ4n) is 2.42. The van der Waals surface area contributed by atoms with Gasteiger partial charge in [0, 0.05) is 25.7 Å². The lowest BCUT2D eigenvalue weighted by atomic mass is 10.2. The van der Waals surface area contributed by atoms with E-state index in [1.54, 1.807) is 0 Å². The van der Waals surface area contributed by atoms with Crippen LogP contribution in [0.5, 0.6) is 5.75 Å². The van der Waals surface area contributed by atoms with Crippen molar-refractivity contribution in [2.75, 3.05) is 32.8 Å². The third kappa shape index (κ3) is 6.04. The molecule has 0 heterocycles. The summed E-state index contributed by atoms with van der Waals surface area (Å²) in [6, 6.07) is 8.70. The first-order valence-corrected chi connectivity index (χ1v) is 8.01. The van der Waals surface area contributed by atoms with Crippen LogP contribution in [0.3, 0.4) is 0 Å². The van der Waals surface area contributed by atoms with E-state index in [1.807, 2.05) is 31.2 Å². The highest BCUT2D eigenvalue weighted by molar-refractivity contribution is 5.26. The molecule has 1 fully saturated rings. The molecule has 4 nitrogen and oxygen atoms in total. The molecule has 0 spiro atoms. The smallest absolute Gasteiger partial charge is 0.119 e. The first-order chi connectivity index (χ1) is 10.2. The summed E-state index contributed by atoms with van der Waals surface area (Å²) in [5.74, 6) is 0.811. The van der Waals surface area contributed by atoms with Crippen LogP contribution in [0.2, 0.25) is 0 Å². The van der Waals surface area contributed by atoms with Crippen molar-refractivity contribution in [3.05, 3.63) is 29.8 Å². The molecule has 118 valence electrons. The van der Waals surface area contributed by atoms with Crippen LogP contribution in [-0.2, 0) is 0 Å². The van der Waals surface area contributed by atoms with E-state index in [2.05, 4.69) is 17.1 Å². The molecule has 0 bridgehead atoms. The minimum Gasteiger partial charge on any atom is -0.491 e. The molecule has 4 heteroatoms. The lowest BCUT2D eigenvalue weighted by Crippen LogP contribution is -2.38. The maximum absolute atomic E-state index is 9.91. The summed E-state index contributed by atoms with van der Waals surface area (Å²) in [5, 5.41) is 13.2. The lowest BCUT2D eigenvalue weighted by Gasteiger charge is -2.20. The topological polar surface area (TPSA) is 44.7 Å². The Hall–Kier alpha value is -1.10. The van der Waals surface area contributed by atoms with E-state index in [4.69, 9.17) is 4.74 Å². The van der Waals surface area contributed by atoms with Crippen molar-refractivity contribution in [3.63, 3.8) is 0 Å². The van der Waals surface area contributed by atoms with Gasteiger partial charge in [-0.2, -0.15) is 0 Å². The maximum Gasteiger partial charge on any atom is 0.119 e. The average molecular weight is 292 g/mol. The second kappa shape index (κ2) is 8.37. The van der Waals surface area contributed by atoms with Gasteiger partial charge in [0.2, 0.25) is 0 Å². The summed E-state index contributed by atoms with van der Waals surface area (Å²) in [5.41, 5.74) is 1.21. The Balaban J connectivity index is 1.54. The van der Waals surface area contributed by atoms with E-state index in [1.165, 1.54) is 18.4 Å². The van der Waals surface area contributed by atoms with Crippen LogP contribution in [0.4, 0.5) is 0 Å². The van der Waals surface area contributed by atoms with E-state index >= 15 is 0 Å². The van der Waals surface area contributed by atoms with Crippen LogP contribution in [0, 0.1) is 6.92 Å². The van der Waals surface area contributed by atoms with Gasteiger partial charge in [-0.05, 0) is 38.4 Å². The van der Waals surface area contributed by atoms with Crippen molar-refractivity contribution in [1.29, 1.82) is 0 Å². The first kappa shape index (κ1) is 16.3. The Morgan fingerprint density at radius 2 is 2.05 bits per heavy atom. The highest BCUT2D eigenvalue weighted by atomic mass is 16.5. The maximum atomic E-state index is 9.91. The summed E-state index contributed by atoms with van der Waals surface area (Å²) >= 11 is 0. The van der Waals surface area contributed by atoms with Gasteiger partial charge in [0.05, 0.1) is 0 Å². The van der Waals surface area contributed by atoms with E-state index in [9.17, 15) is 5.11 Å². The van der Waals surface area contributed by atoms with Crippen LogP contribution in [0.15, 0.2) is 24.3 Å². The Kier molecular flexibility index (Phi) is 6.49. The predicted octanol–water partition coefficient (Wildman–Crippen LogP) is 1.81. The van der Waals surface area contributed by atoms with Gasteiger partial charge in [0.25, 0.3) is 0 Å². The Morgan fingerprint density at radius 1 is 1.33 bits per heavy atom. The molecule has 1 atom stereocenters. The van der Waals surface area contributed by atoms with Crippen molar-refractivity contribution >= 4 is 0 Å². The number of rotatable bonds is 10. The number of hydrogen-bond donors (Lipinski definition) is 2. The van der Waals surface area contributed by atoms with Crippen LogP contribution >= 0.6 is 0 Å². The van der Waals surface area contributed by atoms with Crippen LogP contribution in [0.25, 0.3) is 0 Å². The van der Waals surface area contributed by atoms with Gasteiger partial charge in [0.15, 0.2) is 0 Å². The number of hydrogen-bond acceptors (Lipinski definition) is 4. The van der Waals surface area contributed by atoms with Gasteiger partial charge in [0.1, 0.15) is 18.5 Å². The molecule has 2 N–H and O–H groups in total. The zero-order valence-corrected chi connectivity index (χ0v) is 13.2. The molecule has 1 aliphatic carbocycles. The van der Waals surface area contributed by atoms with Crippen molar-refractivity contribution in [2.45, 2.75) is 38.8 Å². The molecule has 0 radical (unpaired) electrons. The van der Waals surface area contributed by atoms with Gasteiger partial charge in [-0.1, -0.05) is 24.6 Å². The Bertz CT molecular complexity index is 404. The monoisotopic (exact) mass is 292 g/mol. The summed E-state index contributed by atoms with van der Waals surface area (Å²) in [6.45, 7) is 8.26. The zero-order chi connectivity index (χ0) is 15.1. The van der Waals surface area contributed by atoms with Gasteiger partial charge in [-0.3, -0.25) is 4.90 Å². The molecule has 1 aromatic carbocycles. The fourth-order valence-corrected chi connectivity index (χ4v) is 2.42. The first-order valence-electron chi connectivity index (χ1n) is 8.01. The van der Waals surface area contributed by atoms with Gasteiger partial charge < -0.3 is 15.2 Å². The van der Waals surface area contributed by atoms with Crippen LogP contribution in [-0.4, -0.2) is 54.9 Å². The van der Waals surface area contributed by atoms with Gasteiger partial charge >= 0.3 is 0 Å². The van der Waals surface area contributed by atoms with Crippen molar-refractivity contribution in [1.82, 2.24) is 10.2 Å². The van der Waals surface area contributed by atoms with E-state index in [-0.39, 0.29) is 0 Å². The molecule has 1 unspecified atom stereocenters. The minimum atomic E-state index is -0.470. The number of nitrogens with one attached hydrogen (secondary N) is 1. The van der Waals surface area contributed by atoms with Crippen molar-refractivity contribution in [3.8, 4) is 5.75 Å². The fraction of sp³-hybridized carbons (Fsp3) is 0.647. The highest BCUT2D eigenvalue weighted by Crippen LogP contribution is 2.25. The van der Waals surface area contributed by atoms with Crippen molar-refractivity contribution in [2.24, 2.45) is 0 Å². The summed E-state index contributed by atoms with van der Waals surface area (Å²) in [7, 11) is 0. The molecular formula is C17H28N2O2. The quantitative estimate of drug-likeness (QED) is 0.646. The summed E-state index contributed by atoms with van der Waals surface area (Å²) in [6.07, 6.45) is 2.23. The predicted molar refractivity (Wildman–Crippen MR) is 85.8 cm³/mol. The largest absolute Gasteiger partial charge is 0.491 e. The summed E-state index contributed by atoms with van der Waals surface area (Å²) < 4.78 is 5.57. The number of aryl methyl sites for hydroxylation is 1. The standard InChI is InChI=1S/C17H28N2O2/c1-3-19(15-6-7-15)11-10-18-12-16(20)13-21-17-8-4-14(2)5-9-17/h4-5,8-9,15-16,18,20H,3,6-7,10-13H2,1-2H3. The van der Waals surface area contributed by atoms with Crippen molar-refractivity contribution < 1.29 is 9.84 Å². The molecule has 0 amide bonds. The number of likely N-dealkylation sites (N-methyl/N-ethyl adjacent to an activating group) is 1. The van der Waals surface area contributed by atoms with Crippen LogP contribution in [0.1, 0.15) is 25.3 Å². The molecule has 0 aromatic heterocycles. The second-order valence-corrected chi connectivity index (χ2v) is 5.84. The summed E-state index contributed by atoms with van der Waals surface area (Å²) in [4.78, 5) is 2.50. The number of nitrogens with zero attached hydrogens (tertiary/aromatic N) is 1. The Morgan fingerprint density at radius 3 is 2.67 bits per heavy atom. The number of benzene rings is 1. The van der Waals surface area contributed by atoms with Gasteiger partial charge in [-0.25, -0.2) is 0 Å². The average Bonchev–Trinajstić information content (AvgIpc) is 3.31. The van der Waals surface area contributed by atoms with E-state index < -0.39 is 6.10 Å². The molecule has 0 aliphatic heterocycles. The second-order valence-electron chi connectivity index (χ2n) is 5.84. The number of aliphatic hydroxyl groups is 1. The number of ether oxygens (including phenoxy) is 1. The van der Waals surface area contributed by atoms with E-state index in [0.717, 1.165) is 31.4 Å². The minimum absolute atomic E-state index is 0.330. The van der Waals surface area contributed by atoms with E-state index in [0.29, 0.717) is 13.2 Å².